The van der Waals surface area contributed by atoms with Gasteiger partial charge in [-0.05, 0) is 37.5 Å². The zero-order valence-electron chi connectivity index (χ0n) is 9.77. The smallest absolute Gasteiger partial charge is 0.423 e. The molecule has 0 unspecified atom stereocenters. The van der Waals surface area contributed by atoms with Crippen LogP contribution in [-0.4, -0.2) is 35.2 Å². The summed E-state index contributed by atoms with van der Waals surface area (Å²) in [7, 11) is -1.53. The monoisotopic (exact) mass is 237 g/mol. The Morgan fingerprint density at radius 1 is 1.18 bits per heavy atom. The molecule has 0 bridgehead atoms. The van der Waals surface area contributed by atoms with Gasteiger partial charge in [-0.3, -0.25) is 4.90 Å². The molecule has 5 heteroatoms. The van der Waals surface area contributed by atoms with Gasteiger partial charge in [0.2, 0.25) is 0 Å². The van der Waals surface area contributed by atoms with E-state index in [1.165, 1.54) is 24.6 Å². The van der Waals surface area contributed by atoms with Crippen molar-refractivity contribution in [1.29, 1.82) is 0 Å². The largest absolute Gasteiger partial charge is 0.488 e. The number of nitrogens with zero attached hydrogens (tertiary/aromatic N) is 1. The van der Waals surface area contributed by atoms with E-state index in [0.29, 0.717) is 17.6 Å². The molecule has 1 aliphatic heterocycles. The minimum Gasteiger partial charge on any atom is -0.423 e. The molecule has 2 rings (SSSR count). The fourth-order valence-electron chi connectivity index (χ4n) is 2.23. The Kier molecular flexibility index (Phi) is 4.15. The summed E-state index contributed by atoms with van der Waals surface area (Å²) in [5, 5.41) is 18.1. The molecule has 1 fully saturated rings. The molecule has 1 heterocycles. The van der Waals surface area contributed by atoms with E-state index in [0.717, 1.165) is 25.9 Å². The predicted octanol–water partition coefficient (Wildman–Crippen LogP) is 0.491. The zero-order valence-corrected chi connectivity index (χ0v) is 9.77. The SMILES string of the molecule is OB(O)c1ccc(F)c(CN2CCCCC2)c1. The summed E-state index contributed by atoms with van der Waals surface area (Å²) in [4.78, 5) is 2.20. The van der Waals surface area contributed by atoms with Crippen molar-refractivity contribution in [3.8, 4) is 0 Å². The Hall–Kier alpha value is -0.905. The van der Waals surface area contributed by atoms with Crippen molar-refractivity contribution >= 4 is 12.6 Å². The van der Waals surface area contributed by atoms with Gasteiger partial charge in [0.15, 0.2) is 0 Å². The molecule has 0 amide bonds. The van der Waals surface area contributed by atoms with Crippen molar-refractivity contribution in [3.05, 3.63) is 29.6 Å². The van der Waals surface area contributed by atoms with E-state index in [1.807, 2.05) is 0 Å². The second kappa shape index (κ2) is 5.62. The second-order valence-corrected chi connectivity index (χ2v) is 4.56. The minimum atomic E-state index is -1.53. The Balaban J connectivity index is 2.10. The van der Waals surface area contributed by atoms with Crippen LogP contribution in [0, 0.1) is 5.82 Å². The van der Waals surface area contributed by atoms with Gasteiger partial charge in [0.05, 0.1) is 0 Å². The quantitative estimate of drug-likeness (QED) is 0.752. The van der Waals surface area contributed by atoms with Gasteiger partial charge in [-0.2, -0.15) is 0 Å². The lowest BCUT2D eigenvalue weighted by Gasteiger charge is -2.26. The molecule has 1 aromatic carbocycles. The van der Waals surface area contributed by atoms with Gasteiger partial charge in [-0.25, -0.2) is 4.39 Å². The van der Waals surface area contributed by atoms with Gasteiger partial charge in [0.1, 0.15) is 5.82 Å². The van der Waals surface area contributed by atoms with Gasteiger partial charge in [0.25, 0.3) is 0 Å². The molecule has 0 radical (unpaired) electrons. The van der Waals surface area contributed by atoms with Crippen LogP contribution < -0.4 is 5.46 Å². The Morgan fingerprint density at radius 3 is 2.53 bits per heavy atom. The Morgan fingerprint density at radius 2 is 1.88 bits per heavy atom. The average molecular weight is 237 g/mol. The molecule has 0 saturated carbocycles. The zero-order chi connectivity index (χ0) is 12.3. The maximum absolute atomic E-state index is 13.6. The number of benzene rings is 1. The van der Waals surface area contributed by atoms with Gasteiger partial charge < -0.3 is 10.0 Å². The third-order valence-corrected chi connectivity index (χ3v) is 3.21. The van der Waals surface area contributed by atoms with E-state index < -0.39 is 7.12 Å². The van der Waals surface area contributed by atoms with Crippen LogP contribution in [0.4, 0.5) is 4.39 Å². The summed E-state index contributed by atoms with van der Waals surface area (Å²) in [6.07, 6.45) is 3.56. The van der Waals surface area contributed by atoms with Crippen molar-refractivity contribution in [2.45, 2.75) is 25.8 Å². The number of likely N-dealkylation sites (tertiary alicyclic amines) is 1. The maximum Gasteiger partial charge on any atom is 0.488 e. The van der Waals surface area contributed by atoms with Gasteiger partial charge in [-0.15, -0.1) is 0 Å². The molecule has 1 aliphatic rings. The van der Waals surface area contributed by atoms with Crippen LogP contribution in [-0.2, 0) is 6.54 Å². The molecular formula is C12H17BFNO2. The molecule has 2 N–H and O–H groups in total. The highest BCUT2D eigenvalue weighted by atomic mass is 19.1. The first-order valence-electron chi connectivity index (χ1n) is 6.03. The number of hydrogen-bond donors (Lipinski definition) is 2. The standard InChI is InChI=1S/C12H17BFNO2/c14-12-5-4-11(13(16)17)8-10(12)9-15-6-2-1-3-7-15/h4-5,8,16-17H,1-3,6-7,9H2. The van der Waals surface area contributed by atoms with Crippen molar-refractivity contribution in [2.24, 2.45) is 0 Å². The van der Waals surface area contributed by atoms with Gasteiger partial charge in [0, 0.05) is 12.1 Å². The van der Waals surface area contributed by atoms with E-state index in [2.05, 4.69) is 4.90 Å². The number of hydrogen-bond acceptors (Lipinski definition) is 3. The molecule has 0 aromatic heterocycles. The van der Waals surface area contributed by atoms with Crippen LogP contribution in [0.1, 0.15) is 24.8 Å². The summed E-state index contributed by atoms with van der Waals surface area (Å²) in [6.45, 7) is 2.53. The molecule has 3 nitrogen and oxygen atoms in total. The van der Waals surface area contributed by atoms with Gasteiger partial charge in [-0.1, -0.05) is 18.6 Å². The number of rotatable bonds is 3. The lowest BCUT2D eigenvalue weighted by atomic mass is 9.79. The van der Waals surface area contributed by atoms with Crippen molar-refractivity contribution in [2.75, 3.05) is 13.1 Å². The van der Waals surface area contributed by atoms with E-state index >= 15 is 0 Å². The van der Waals surface area contributed by atoms with Gasteiger partial charge >= 0.3 is 7.12 Å². The van der Waals surface area contributed by atoms with Crippen LogP contribution in [0.15, 0.2) is 18.2 Å². The lowest BCUT2D eigenvalue weighted by Crippen LogP contribution is -2.33. The first kappa shape index (κ1) is 12.5. The molecule has 0 spiro atoms. The highest BCUT2D eigenvalue weighted by Crippen LogP contribution is 2.14. The lowest BCUT2D eigenvalue weighted by molar-refractivity contribution is 0.218. The van der Waals surface area contributed by atoms with Crippen molar-refractivity contribution < 1.29 is 14.4 Å². The summed E-state index contributed by atoms with van der Waals surface area (Å²) in [5.74, 6) is -0.278. The highest BCUT2D eigenvalue weighted by molar-refractivity contribution is 6.58. The molecular weight excluding hydrogens is 220 g/mol. The van der Waals surface area contributed by atoms with Crippen molar-refractivity contribution in [3.63, 3.8) is 0 Å². The second-order valence-electron chi connectivity index (χ2n) is 4.56. The fraction of sp³-hybridized carbons (Fsp3) is 0.500. The van der Waals surface area contributed by atoms with Crippen molar-refractivity contribution in [1.82, 2.24) is 4.90 Å². The normalized spacial score (nSPS) is 17.1. The summed E-state index contributed by atoms with van der Waals surface area (Å²) >= 11 is 0. The fourth-order valence-corrected chi connectivity index (χ4v) is 2.23. The predicted molar refractivity (Wildman–Crippen MR) is 65.4 cm³/mol. The van der Waals surface area contributed by atoms with E-state index in [1.54, 1.807) is 0 Å². The van der Waals surface area contributed by atoms with Crippen LogP contribution in [0.25, 0.3) is 0 Å². The van der Waals surface area contributed by atoms with Crippen LogP contribution >= 0.6 is 0 Å². The molecule has 1 aromatic rings. The molecule has 1 saturated heterocycles. The summed E-state index contributed by atoms with van der Waals surface area (Å²) in [5.41, 5.74) is 0.885. The first-order valence-corrected chi connectivity index (χ1v) is 6.03. The third-order valence-electron chi connectivity index (χ3n) is 3.21. The molecule has 0 aliphatic carbocycles. The van der Waals surface area contributed by atoms with Crippen LogP contribution in [0.5, 0.6) is 0 Å². The average Bonchev–Trinajstić information content (AvgIpc) is 2.33. The molecule has 0 atom stereocenters. The Bertz CT molecular complexity index is 381. The summed E-state index contributed by atoms with van der Waals surface area (Å²) in [6, 6.07) is 4.24. The maximum atomic E-state index is 13.6. The number of halogens is 1. The van der Waals surface area contributed by atoms with Crippen LogP contribution in [0.3, 0.4) is 0 Å². The Labute approximate surface area is 101 Å². The molecule has 17 heavy (non-hydrogen) atoms. The third kappa shape index (κ3) is 3.28. The van der Waals surface area contributed by atoms with E-state index in [4.69, 9.17) is 10.0 Å². The first-order chi connectivity index (χ1) is 8.16. The highest BCUT2D eigenvalue weighted by Gasteiger charge is 2.16. The summed E-state index contributed by atoms with van der Waals surface area (Å²) < 4.78 is 13.6. The topological polar surface area (TPSA) is 43.7 Å². The van der Waals surface area contributed by atoms with E-state index in [9.17, 15) is 4.39 Å². The van der Waals surface area contributed by atoms with E-state index in [-0.39, 0.29) is 5.82 Å². The number of piperidine rings is 1. The molecule has 92 valence electrons. The minimum absolute atomic E-state index is 0.278. The van der Waals surface area contributed by atoms with Crippen LogP contribution in [0.2, 0.25) is 0 Å².